The highest BCUT2D eigenvalue weighted by molar-refractivity contribution is 7.09. The van der Waals surface area contributed by atoms with Gasteiger partial charge in [0.2, 0.25) is 0 Å². The highest BCUT2D eigenvalue weighted by Crippen LogP contribution is 2.40. The molecule has 1 aliphatic heterocycles. The topological polar surface area (TPSA) is 63.2 Å². The molecule has 1 aromatic heterocycles. The number of hydrogen-bond acceptors (Lipinski definition) is 5. The summed E-state index contributed by atoms with van der Waals surface area (Å²) in [6, 6.07) is 0. The van der Waals surface area contributed by atoms with Gasteiger partial charge in [-0.05, 0) is 12.8 Å². The zero-order chi connectivity index (χ0) is 12.4. The van der Waals surface area contributed by atoms with Crippen molar-refractivity contribution in [3.63, 3.8) is 0 Å². The van der Waals surface area contributed by atoms with Gasteiger partial charge in [0, 0.05) is 24.4 Å². The Balaban J connectivity index is 1.48. The molecule has 1 amide bonds. The molecule has 5 nitrogen and oxygen atoms in total. The maximum atomic E-state index is 11.8. The first-order valence-corrected chi connectivity index (χ1v) is 7.25. The van der Waals surface area contributed by atoms with Crippen LogP contribution in [0.1, 0.15) is 29.5 Å². The Kier molecular flexibility index (Phi) is 3.58. The Hall–Kier alpha value is -0.980. The third kappa shape index (κ3) is 2.88. The molecule has 1 aliphatic carbocycles. The highest BCUT2D eigenvalue weighted by atomic mass is 32.1. The van der Waals surface area contributed by atoms with Crippen LogP contribution in [0, 0.1) is 0 Å². The van der Waals surface area contributed by atoms with Crippen molar-refractivity contribution in [1.82, 2.24) is 15.6 Å². The summed E-state index contributed by atoms with van der Waals surface area (Å²) in [5.74, 6) is 0.627. The molecular weight excluding hydrogens is 250 g/mol. The lowest BCUT2D eigenvalue weighted by molar-refractivity contribution is -0.134. The molecule has 98 valence electrons. The summed E-state index contributed by atoms with van der Waals surface area (Å²) in [7, 11) is 0. The van der Waals surface area contributed by atoms with Gasteiger partial charge < -0.3 is 15.4 Å². The minimum Gasteiger partial charge on any atom is -0.366 e. The van der Waals surface area contributed by atoms with Crippen molar-refractivity contribution in [3.05, 3.63) is 16.1 Å². The number of thiazole rings is 1. The molecule has 0 aromatic carbocycles. The maximum absolute atomic E-state index is 11.8. The van der Waals surface area contributed by atoms with E-state index >= 15 is 0 Å². The largest absolute Gasteiger partial charge is 0.366 e. The summed E-state index contributed by atoms with van der Waals surface area (Å²) in [6.45, 7) is 2.52. The first-order chi connectivity index (χ1) is 8.83. The highest BCUT2D eigenvalue weighted by Gasteiger charge is 2.26. The Morgan fingerprint density at radius 2 is 2.50 bits per heavy atom. The molecule has 1 aromatic rings. The lowest BCUT2D eigenvalue weighted by atomic mass is 10.3. The van der Waals surface area contributed by atoms with Crippen molar-refractivity contribution in [2.75, 3.05) is 19.7 Å². The van der Waals surface area contributed by atoms with Crippen molar-refractivity contribution in [3.8, 4) is 0 Å². The number of carbonyl (C=O) groups excluding carboxylic acids is 1. The van der Waals surface area contributed by atoms with Crippen LogP contribution < -0.4 is 10.6 Å². The second-order valence-electron chi connectivity index (χ2n) is 4.72. The molecule has 0 radical (unpaired) electrons. The van der Waals surface area contributed by atoms with E-state index in [1.54, 1.807) is 11.3 Å². The molecule has 0 spiro atoms. The van der Waals surface area contributed by atoms with E-state index in [0.29, 0.717) is 25.6 Å². The van der Waals surface area contributed by atoms with Crippen LogP contribution in [0.15, 0.2) is 5.38 Å². The number of ether oxygens (including phenoxy) is 1. The number of carbonyl (C=O) groups is 1. The molecule has 3 rings (SSSR count). The number of morpholine rings is 1. The summed E-state index contributed by atoms with van der Waals surface area (Å²) in [5.41, 5.74) is 1.19. The van der Waals surface area contributed by atoms with E-state index in [2.05, 4.69) is 21.0 Å². The SMILES string of the molecule is O=C(NCc1nc(C2CC2)cs1)C1CNCCO1. The average molecular weight is 267 g/mol. The summed E-state index contributed by atoms with van der Waals surface area (Å²) < 4.78 is 5.39. The molecule has 1 saturated heterocycles. The number of hydrogen-bond donors (Lipinski definition) is 2. The van der Waals surface area contributed by atoms with Gasteiger partial charge in [0.25, 0.3) is 5.91 Å². The van der Waals surface area contributed by atoms with Crippen LogP contribution in [0.2, 0.25) is 0 Å². The zero-order valence-corrected chi connectivity index (χ0v) is 11.0. The van der Waals surface area contributed by atoms with E-state index in [4.69, 9.17) is 4.74 Å². The van der Waals surface area contributed by atoms with Gasteiger partial charge in [-0.2, -0.15) is 0 Å². The Morgan fingerprint density at radius 1 is 1.61 bits per heavy atom. The standard InChI is InChI=1S/C12H17N3O2S/c16-12(10-5-13-3-4-17-10)14-6-11-15-9(7-18-11)8-1-2-8/h7-8,10,13H,1-6H2,(H,14,16). The Morgan fingerprint density at radius 3 is 3.22 bits per heavy atom. The van der Waals surface area contributed by atoms with E-state index < -0.39 is 0 Å². The summed E-state index contributed by atoms with van der Waals surface area (Å²) in [4.78, 5) is 16.4. The Labute approximate surface area is 110 Å². The molecule has 2 N–H and O–H groups in total. The molecule has 1 atom stereocenters. The second-order valence-corrected chi connectivity index (χ2v) is 5.66. The second kappa shape index (κ2) is 5.34. The molecule has 2 aliphatic rings. The van der Waals surface area contributed by atoms with E-state index in [-0.39, 0.29) is 12.0 Å². The van der Waals surface area contributed by atoms with Crippen LogP contribution in [0.25, 0.3) is 0 Å². The van der Waals surface area contributed by atoms with E-state index in [1.165, 1.54) is 18.5 Å². The molecule has 2 fully saturated rings. The molecule has 18 heavy (non-hydrogen) atoms. The van der Waals surface area contributed by atoms with Crippen molar-refractivity contribution in [2.24, 2.45) is 0 Å². The first-order valence-electron chi connectivity index (χ1n) is 6.37. The summed E-state index contributed by atoms with van der Waals surface area (Å²) in [6.07, 6.45) is 2.16. The van der Waals surface area contributed by atoms with Gasteiger partial charge in [0.1, 0.15) is 11.1 Å². The van der Waals surface area contributed by atoms with Crippen LogP contribution >= 0.6 is 11.3 Å². The van der Waals surface area contributed by atoms with Crippen molar-refractivity contribution < 1.29 is 9.53 Å². The summed E-state index contributed by atoms with van der Waals surface area (Å²) in [5, 5.41) is 9.12. The normalized spacial score (nSPS) is 23.9. The molecular formula is C12H17N3O2S. The van der Waals surface area contributed by atoms with E-state index in [0.717, 1.165) is 11.6 Å². The zero-order valence-electron chi connectivity index (χ0n) is 10.1. The van der Waals surface area contributed by atoms with Gasteiger partial charge in [-0.3, -0.25) is 4.79 Å². The van der Waals surface area contributed by atoms with Crippen LogP contribution in [-0.2, 0) is 16.1 Å². The van der Waals surface area contributed by atoms with Crippen LogP contribution in [0.5, 0.6) is 0 Å². The van der Waals surface area contributed by atoms with E-state index in [9.17, 15) is 4.79 Å². The molecule has 1 unspecified atom stereocenters. The van der Waals surface area contributed by atoms with Crippen LogP contribution in [-0.4, -0.2) is 36.7 Å². The number of nitrogens with one attached hydrogen (secondary N) is 2. The van der Waals surface area contributed by atoms with Gasteiger partial charge in [0.15, 0.2) is 0 Å². The fourth-order valence-corrected chi connectivity index (χ4v) is 2.80. The van der Waals surface area contributed by atoms with Crippen molar-refractivity contribution >= 4 is 17.2 Å². The molecule has 0 bridgehead atoms. The minimum absolute atomic E-state index is 0.0506. The Bertz CT molecular complexity index is 425. The van der Waals surface area contributed by atoms with Gasteiger partial charge >= 0.3 is 0 Å². The lowest BCUT2D eigenvalue weighted by Crippen LogP contribution is -2.47. The number of amides is 1. The number of aromatic nitrogens is 1. The van der Waals surface area contributed by atoms with E-state index in [1.807, 2.05) is 0 Å². The number of rotatable bonds is 4. The smallest absolute Gasteiger partial charge is 0.250 e. The first kappa shape index (κ1) is 12.1. The maximum Gasteiger partial charge on any atom is 0.250 e. The fraction of sp³-hybridized carbons (Fsp3) is 0.667. The van der Waals surface area contributed by atoms with Crippen molar-refractivity contribution in [2.45, 2.75) is 31.4 Å². The fourth-order valence-electron chi connectivity index (χ4n) is 1.98. The van der Waals surface area contributed by atoms with Crippen LogP contribution in [0.3, 0.4) is 0 Å². The third-order valence-corrected chi connectivity index (χ3v) is 4.07. The molecule has 6 heteroatoms. The van der Waals surface area contributed by atoms with Gasteiger partial charge in [-0.1, -0.05) is 0 Å². The molecule has 1 saturated carbocycles. The quantitative estimate of drug-likeness (QED) is 0.839. The molecule has 2 heterocycles. The average Bonchev–Trinajstić information content (AvgIpc) is 3.16. The van der Waals surface area contributed by atoms with Gasteiger partial charge in [-0.15, -0.1) is 11.3 Å². The van der Waals surface area contributed by atoms with Crippen LogP contribution in [0.4, 0.5) is 0 Å². The van der Waals surface area contributed by atoms with Crippen molar-refractivity contribution in [1.29, 1.82) is 0 Å². The lowest BCUT2D eigenvalue weighted by Gasteiger charge is -2.22. The monoisotopic (exact) mass is 267 g/mol. The number of nitrogens with zero attached hydrogens (tertiary/aromatic N) is 1. The van der Waals surface area contributed by atoms with Gasteiger partial charge in [0.05, 0.1) is 18.8 Å². The minimum atomic E-state index is -0.360. The third-order valence-electron chi connectivity index (χ3n) is 3.20. The summed E-state index contributed by atoms with van der Waals surface area (Å²) >= 11 is 1.62. The van der Waals surface area contributed by atoms with Gasteiger partial charge in [-0.25, -0.2) is 4.98 Å². The predicted octanol–water partition coefficient (Wildman–Crippen LogP) is 0.625. The predicted molar refractivity (Wildman–Crippen MR) is 68.5 cm³/mol.